The minimum atomic E-state index is -0.702. The molecule has 0 unspecified atom stereocenters. The minimum absolute atomic E-state index is 0.102. The number of hydrogen-bond donors (Lipinski definition) is 1. The number of nitrogens with one attached hydrogen (secondary N) is 1. The van der Waals surface area contributed by atoms with Gasteiger partial charge in [-0.25, -0.2) is 0 Å². The van der Waals surface area contributed by atoms with E-state index in [4.69, 9.17) is 25.8 Å². The first-order valence-electron chi connectivity index (χ1n) is 11.5. The van der Waals surface area contributed by atoms with Crippen LogP contribution < -0.4 is 19.5 Å². The van der Waals surface area contributed by atoms with Gasteiger partial charge in [-0.2, -0.15) is 0 Å². The van der Waals surface area contributed by atoms with Crippen molar-refractivity contribution in [1.82, 2.24) is 10.2 Å². The topological polar surface area (TPSA) is 77.1 Å². The van der Waals surface area contributed by atoms with Crippen LogP contribution in [0.2, 0.25) is 5.02 Å². The zero-order chi connectivity index (χ0) is 26.1. The zero-order valence-electron chi connectivity index (χ0n) is 20.9. The van der Waals surface area contributed by atoms with Crippen LogP contribution in [-0.2, 0) is 29.1 Å². The van der Waals surface area contributed by atoms with Crippen molar-refractivity contribution in [3.8, 4) is 17.2 Å². The predicted molar refractivity (Wildman–Crippen MR) is 140 cm³/mol. The number of halogens is 1. The molecule has 36 heavy (non-hydrogen) atoms. The monoisotopic (exact) mass is 510 g/mol. The number of methoxy groups -OCH3 is 3. The minimum Gasteiger partial charge on any atom is -0.497 e. The Labute approximate surface area is 216 Å². The average molecular weight is 511 g/mol. The van der Waals surface area contributed by atoms with Gasteiger partial charge in [-0.05, 0) is 60.0 Å². The summed E-state index contributed by atoms with van der Waals surface area (Å²) in [7, 11) is 4.71. The van der Waals surface area contributed by atoms with Gasteiger partial charge in [0.25, 0.3) is 0 Å². The van der Waals surface area contributed by atoms with Crippen molar-refractivity contribution in [1.29, 1.82) is 0 Å². The number of carbonyl (C=O) groups is 2. The van der Waals surface area contributed by atoms with E-state index in [9.17, 15) is 9.59 Å². The first-order valence-corrected chi connectivity index (χ1v) is 11.9. The molecular formula is C28H31ClN2O5. The zero-order valence-corrected chi connectivity index (χ0v) is 21.7. The third-order valence-electron chi connectivity index (χ3n) is 5.86. The number of benzene rings is 3. The molecule has 7 nitrogen and oxygen atoms in total. The van der Waals surface area contributed by atoms with Crippen molar-refractivity contribution in [2.45, 2.75) is 32.5 Å². The van der Waals surface area contributed by atoms with Crippen LogP contribution in [0.5, 0.6) is 17.2 Å². The predicted octanol–water partition coefficient (Wildman–Crippen LogP) is 4.64. The molecule has 1 atom stereocenters. The van der Waals surface area contributed by atoms with Crippen LogP contribution in [0, 0.1) is 0 Å². The summed E-state index contributed by atoms with van der Waals surface area (Å²) in [6, 6.07) is 19.3. The molecular weight excluding hydrogens is 480 g/mol. The number of ether oxygens (including phenoxy) is 3. The lowest BCUT2D eigenvalue weighted by atomic mass is 10.1. The molecule has 0 saturated heterocycles. The second kappa shape index (κ2) is 12.8. The SMILES string of the molecule is COc1ccc(CN(C(=O)Cc2ccc(OC)c(OC)c2)[C@H](C)C(=O)NCc2ccc(Cl)cc2)cc1. The molecule has 0 saturated carbocycles. The Morgan fingerprint density at radius 1 is 0.833 bits per heavy atom. The van der Waals surface area contributed by atoms with Crippen molar-refractivity contribution in [2.75, 3.05) is 21.3 Å². The maximum atomic E-state index is 13.5. The van der Waals surface area contributed by atoms with Crippen molar-refractivity contribution in [3.63, 3.8) is 0 Å². The molecule has 0 aromatic heterocycles. The van der Waals surface area contributed by atoms with Gasteiger partial charge in [0.1, 0.15) is 11.8 Å². The number of amides is 2. The van der Waals surface area contributed by atoms with Crippen LogP contribution >= 0.6 is 11.6 Å². The Bertz CT molecular complexity index is 1170. The molecule has 0 bridgehead atoms. The second-order valence-electron chi connectivity index (χ2n) is 8.26. The number of rotatable bonds is 11. The van der Waals surface area contributed by atoms with Crippen LogP contribution in [0.25, 0.3) is 0 Å². The van der Waals surface area contributed by atoms with Crippen LogP contribution in [0.3, 0.4) is 0 Å². The van der Waals surface area contributed by atoms with Gasteiger partial charge in [0.05, 0.1) is 27.8 Å². The van der Waals surface area contributed by atoms with E-state index in [-0.39, 0.29) is 24.8 Å². The van der Waals surface area contributed by atoms with Crippen LogP contribution in [-0.4, -0.2) is 44.1 Å². The standard InChI is InChI=1S/C28H31ClN2O5/c1-19(28(33)30-17-20-5-10-23(29)11-6-20)31(18-21-7-12-24(34-2)13-8-21)27(32)16-22-9-14-25(35-3)26(15-22)36-4/h5-15,19H,16-18H2,1-4H3,(H,30,33)/t19-/m1/s1. The molecule has 0 aliphatic rings. The molecule has 3 rings (SSSR count). The number of nitrogens with zero attached hydrogens (tertiary/aromatic N) is 1. The van der Waals surface area contributed by atoms with Gasteiger partial charge in [-0.15, -0.1) is 0 Å². The lowest BCUT2D eigenvalue weighted by Gasteiger charge is -2.29. The summed E-state index contributed by atoms with van der Waals surface area (Å²) in [6.07, 6.45) is 0.102. The molecule has 0 aliphatic carbocycles. The lowest BCUT2D eigenvalue weighted by molar-refractivity contribution is -0.140. The van der Waals surface area contributed by atoms with E-state index >= 15 is 0 Å². The van der Waals surface area contributed by atoms with Crippen molar-refractivity contribution >= 4 is 23.4 Å². The summed E-state index contributed by atoms with van der Waals surface area (Å²) >= 11 is 5.95. The fraction of sp³-hybridized carbons (Fsp3) is 0.286. The third-order valence-corrected chi connectivity index (χ3v) is 6.11. The fourth-order valence-electron chi connectivity index (χ4n) is 3.72. The normalized spacial score (nSPS) is 11.4. The summed E-state index contributed by atoms with van der Waals surface area (Å²) in [6.45, 7) is 2.33. The molecule has 0 fully saturated rings. The van der Waals surface area contributed by atoms with E-state index in [1.807, 2.05) is 42.5 Å². The van der Waals surface area contributed by atoms with E-state index in [1.54, 1.807) is 57.4 Å². The Hall–Kier alpha value is -3.71. The smallest absolute Gasteiger partial charge is 0.242 e. The van der Waals surface area contributed by atoms with E-state index in [0.29, 0.717) is 23.1 Å². The van der Waals surface area contributed by atoms with Crippen LogP contribution in [0.1, 0.15) is 23.6 Å². The molecule has 3 aromatic rings. The van der Waals surface area contributed by atoms with Gasteiger partial charge < -0.3 is 24.4 Å². The highest BCUT2D eigenvalue weighted by Crippen LogP contribution is 2.28. The summed E-state index contributed by atoms with van der Waals surface area (Å²) in [5.74, 6) is 1.40. The highest BCUT2D eigenvalue weighted by molar-refractivity contribution is 6.30. The van der Waals surface area contributed by atoms with Crippen molar-refractivity contribution in [3.05, 3.63) is 88.4 Å². The molecule has 0 spiro atoms. The Balaban J connectivity index is 1.78. The summed E-state index contributed by atoms with van der Waals surface area (Å²) < 4.78 is 15.9. The fourth-order valence-corrected chi connectivity index (χ4v) is 3.84. The van der Waals surface area contributed by atoms with Gasteiger partial charge in [-0.3, -0.25) is 9.59 Å². The maximum absolute atomic E-state index is 13.5. The molecule has 0 radical (unpaired) electrons. The van der Waals surface area contributed by atoms with Gasteiger partial charge in [0.15, 0.2) is 11.5 Å². The number of hydrogen-bond acceptors (Lipinski definition) is 5. The van der Waals surface area contributed by atoms with Crippen molar-refractivity contribution < 1.29 is 23.8 Å². The summed E-state index contributed by atoms with van der Waals surface area (Å²) in [5.41, 5.74) is 2.55. The van der Waals surface area contributed by atoms with Gasteiger partial charge >= 0.3 is 0 Å². The van der Waals surface area contributed by atoms with Gasteiger partial charge in [0.2, 0.25) is 11.8 Å². The molecule has 3 aromatic carbocycles. The third kappa shape index (κ3) is 7.15. The maximum Gasteiger partial charge on any atom is 0.242 e. The first kappa shape index (κ1) is 26.9. The highest BCUT2D eigenvalue weighted by Gasteiger charge is 2.26. The largest absolute Gasteiger partial charge is 0.497 e. The van der Waals surface area contributed by atoms with E-state index < -0.39 is 6.04 Å². The van der Waals surface area contributed by atoms with E-state index in [1.165, 1.54) is 0 Å². The van der Waals surface area contributed by atoms with Crippen LogP contribution in [0.4, 0.5) is 0 Å². The lowest BCUT2D eigenvalue weighted by Crippen LogP contribution is -2.48. The summed E-state index contributed by atoms with van der Waals surface area (Å²) in [5, 5.41) is 3.55. The Morgan fingerprint density at radius 2 is 1.44 bits per heavy atom. The quantitative estimate of drug-likeness (QED) is 0.406. The second-order valence-corrected chi connectivity index (χ2v) is 8.69. The van der Waals surface area contributed by atoms with Crippen LogP contribution in [0.15, 0.2) is 66.7 Å². The Morgan fingerprint density at radius 3 is 2.06 bits per heavy atom. The molecule has 1 N–H and O–H groups in total. The highest BCUT2D eigenvalue weighted by atomic mass is 35.5. The first-order chi connectivity index (χ1) is 17.3. The molecule has 190 valence electrons. The van der Waals surface area contributed by atoms with Gasteiger partial charge in [-0.1, -0.05) is 41.9 Å². The number of carbonyl (C=O) groups excluding carboxylic acids is 2. The molecule has 2 amide bonds. The van der Waals surface area contributed by atoms with Crippen molar-refractivity contribution in [2.24, 2.45) is 0 Å². The van der Waals surface area contributed by atoms with Gasteiger partial charge in [0, 0.05) is 18.1 Å². The average Bonchev–Trinajstić information content (AvgIpc) is 2.91. The van der Waals surface area contributed by atoms with E-state index in [2.05, 4.69) is 5.32 Å². The molecule has 0 heterocycles. The molecule has 8 heteroatoms. The molecule has 0 aliphatic heterocycles. The Kier molecular flexibility index (Phi) is 9.59. The summed E-state index contributed by atoms with van der Waals surface area (Å²) in [4.78, 5) is 28.1. The van der Waals surface area contributed by atoms with E-state index in [0.717, 1.165) is 22.4 Å².